The third-order valence-corrected chi connectivity index (χ3v) is 4.96. The first-order chi connectivity index (χ1) is 11.3. The molecule has 3 nitrogen and oxygen atoms in total. The Kier molecular flexibility index (Phi) is 9.26. The number of methoxy groups -OCH3 is 1. The van der Waals surface area contributed by atoms with Crippen molar-refractivity contribution in [2.45, 2.75) is 37.5 Å². The van der Waals surface area contributed by atoms with Crippen LogP contribution in [0.4, 0.5) is 0 Å². The largest absolute Gasteiger partial charge is 0.497 e. The van der Waals surface area contributed by atoms with Crippen LogP contribution in [0, 0.1) is 0 Å². The molecule has 2 unspecified atom stereocenters. The van der Waals surface area contributed by atoms with Crippen molar-refractivity contribution in [2.75, 3.05) is 20.7 Å². The third-order valence-electron chi connectivity index (χ3n) is 4.96. The first-order valence-corrected chi connectivity index (χ1v) is 8.53. The van der Waals surface area contributed by atoms with E-state index >= 15 is 0 Å². The fourth-order valence-electron chi connectivity index (χ4n) is 3.81. The first-order valence-electron chi connectivity index (χ1n) is 8.53. The topological polar surface area (TPSA) is 34.1 Å². The third kappa shape index (κ3) is 5.34. The molecule has 1 aromatic carbocycles. The predicted octanol–water partition coefficient (Wildman–Crippen LogP) is 4.75. The van der Waals surface area contributed by atoms with Crippen molar-refractivity contribution in [3.05, 3.63) is 59.4 Å². The van der Waals surface area contributed by atoms with E-state index in [2.05, 4.69) is 34.6 Å². The number of likely N-dealkylation sites (N-methyl/N-ethyl adjacent to an activating group) is 1. The van der Waals surface area contributed by atoms with Crippen LogP contribution in [-0.4, -0.2) is 25.7 Å². The average molecular weight is 383 g/mol. The maximum absolute atomic E-state index is 5.39. The molecule has 138 valence electrons. The van der Waals surface area contributed by atoms with Crippen molar-refractivity contribution >= 4 is 24.8 Å². The Balaban J connectivity index is 0.00000156. The molecule has 0 spiro atoms. The number of hydrogen-bond donors (Lipinski definition) is 1. The first kappa shape index (κ1) is 21.8. The van der Waals surface area contributed by atoms with Crippen molar-refractivity contribution in [2.24, 2.45) is 0 Å². The van der Waals surface area contributed by atoms with Crippen molar-refractivity contribution in [3.8, 4) is 5.75 Å². The number of pyridine rings is 1. The van der Waals surface area contributed by atoms with E-state index in [9.17, 15) is 0 Å². The van der Waals surface area contributed by atoms with Crippen molar-refractivity contribution in [1.29, 1.82) is 0 Å². The summed E-state index contributed by atoms with van der Waals surface area (Å²) in [5.74, 6) is 2.11. The Hall–Kier alpha value is -1.29. The maximum Gasteiger partial charge on any atom is 0.119 e. The van der Waals surface area contributed by atoms with Gasteiger partial charge in [0, 0.05) is 18.9 Å². The van der Waals surface area contributed by atoms with Crippen LogP contribution in [-0.2, 0) is 6.42 Å². The highest BCUT2D eigenvalue weighted by atomic mass is 35.5. The highest BCUT2D eigenvalue weighted by Gasteiger charge is 2.24. The van der Waals surface area contributed by atoms with Crippen LogP contribution in [0.1, 0.15) is 47.8 Å². The van der Waals surface area contributed by atoms with Crippen LogP contribution < -0.4 is 10.1 Å². The standard InChI is InChI=1S/C20H26N2O.2ClH/c1-21-13-18(17-7-4-10-22-14-17)11-15-5-3-6-16-12-19(23-2)8-9-20(15)16;;/h4,7-10,12,14-15,18,21H,3,5-6,11,13H2,1-2H3;2*1H. The molecule has 0 radical (unpaired) electrons. The molecule has 1 aliphatic rings. The normalized spacial score (nSPS) is 16.8. The van der Waals surface area contributed by atoms with Gasteiger partial charge in [0.25, 0.3) is 0 Å². The van der Waals surface area contributed by atoms with Gasteiger partial charge in [-0.2, -0.15) is 0 Å². The molecule has 1 heterocycles. The van der Waals surface area contributed by atoms with E-state index < -0.39 is 0 Å². The lowest BCUT2D eigenvalue weighted by molar-refractivity contribution is 0.411. The number of halogens is 2. The zero-order chi connectivity index (χ0) is 16.1. The maximum atomic E-state index is 5.39. The molecule has 25 heavy (non-hydrogen) atoms. The number of ether oxygens (including phenoxy) is 1. The molecule has 0 bridgehead atoms. The van der Waals surface area contributed by atoms with E-state index in [0.717, 1.165) is 12.3 Å². The molecule has 0 amide bonds. The summed E-state index contributed by atoms with van der Waals surface area (Å²) >= 11 is 0. The summed E-state index contributed by atoms with van der Waals surface area (Å²) in [6.07, 6.45) is 8.75. The Morgan fingerprint density at radius 1 is 1.28 bits per heavy atom. The second kappa shape index (κ2) is 10.6. The van der Waals surface area contributed by atoms with Crippen LogP contribution >= 0.6 is 24.8 Å². The second-order valence-corrected chi connectivity index (χ2v) is 6.43. The number of fused-ring (bicyclic) bond motifs is 1. The number of aromatic nitrogens is 1. The monoisotopic (exact) mass is 382 g/mol. The molecule has 0 saturated carbocycles. The number of rotatable bonds is 6. The number of benzene rings is 1. The van der Waals surface area contributed by atoms with Crippen LogP contribution in [0.2, 0.25) is 0 Å². The molecule has 3 rings (SSSR count). The summed E-state index contributed by atoms with van der Waals surface area (Å²) < 4.78 is 5.39. The van der Waals surface area contributed by atoms with Crippen LogP contribution in [0.5, 0.6) is 5.75 Å². The number of nitrogens with one attached hydrogen (secondary N) is 1. The minimum Gasteiger partial charge on any atom is -0.497 e. The molecule has 2 aromatic rings. The summed E-state index contributed by atoms with van der Waals surface area (Å²) in [5.41, 5.74) is 4.32. The van der Waals surface area contributed by atoms with E-state index in [1.54, 1.807) is 7.11 Å². The van der Waals surface area contributed by atoms with Gasteiger partial charge in [-0.05, 0) is 79.5 Å². The van der Waals surface area contributed by atoms with Gasteiger partial charge < -0.3 is 10.1 Å². The van der Waals surface area contributed by atoms with E-state index in [1.807, 2.05) is 25.5 Å². The second-order valence-electron chi connectivity index (χ2n) is 6.43. The van der Waals surface area contributed by atoms with E-state index in [4.69, 9.17) is 4.74 Å². The van der Waals surface area contributed by atoms with Gasteiger partial charge in [-0.3, -0.25) is 4.98 Å². The quantitative estimate of drug-likeness (QED) is 0.782. The van der Waals surface area contributed by atoms with Crippen molar-refractivity contribution in [3.63, 3.8) is 0 Å². The number of aryl methyl sites for hydroxylation is 1. The average Bonchev–Trinajstić information content (AvgIpc) is 2.61. The van der Waals surface area contributed by atoms with Crippen LogP contribution in [0.3, 0.4) is 0 Å². The highest BCUT2D eigenvalue weighted by molar-refractivity contribution is 5.85. The summed E-state index contributed by atoms with van der Waals surface area (Å²) in [7, 11) is 3.77. The molecule has 0 saturated heterocycles. The van der Waals surface area contributed by atoms with Gasteiger partial charge in [0.05, 0.1) is 7.11 Å². The Morgan fingerprint density at radius 3 is 2.80 bits per heavy atom. The minimum absolute atomic E-state index is 0. The molecular formula is C20H28Cl2N2O. The van der Waals surface area contributed by atoms with E-state index in [-0.39, 0.29) is 24.8 Å². The summed E-state index contributed by atoms with van der Waals surface area (Å²) in [4.78, 5) is 4.30. The lowest BCUT2D eigenvalue weighted by Crippen LogP contribution is -2.21. The van der Waals surface area contributed by atoms with Gasteiger partial charge in [-0.25, -0.2) is 0 Å². The molecule has 0 fully saturated rings. The lowest BCUT2D eigenvalue weighted by atomic mass is 9.77. The Bertz CT molecular complexity index is 637. The van der Waals surface area contributed by atoms with Gasteiger partial charge in [-0.15, -0.1) is 24.8 Å². The Labute approximate surface area is 163 Å². The predicted molar refractivity (Wildman–Crippen MR) is 109 cm³/mol. The van der Waals surface area contributed by atoms with E-state index in [1.165, 1.54) is 42.4 Å². The SMILES string of the molecule is CNCC(CC1CCCc2cc(OC)ccc21)c1cccnc1.Cl.Cl. The molecule has 0 aliphatic heterocycles. The lowest BCUT2D eigenvalue weighted by Gasteiger charge is -2.29. The Morgan fingerprint density at radius 2 is 2.12 bits per heavy atom. The summed E-state index contributed by atoms with van der Waals surface area (Å²) in [5, 5.41) is 3.35. The number of hydrogen-bond acceptors (Lipinski definition) is 3. The minimum atomic E-state index is 0. The van der Waals surface area contributed by atoms with Gasteiger partial charge in [0.1, 0.15) is 5.75 Å². The molecular weight excluding hydrogens is 355 g/mol. The molecule has 5 heteroatoms. The van der Waals surface area contributed by atoms with Gasteiger partial charge in [0.15, 0.2) is 0 Å². The highest BCUT2D eigenvalue weighted by Crippen LogP contribution is 2.39. The van der Waals surface area contributed by atoms with Crippen molar-refractivity contribution < 1.29 is 4.74 Å². The summed E-state index contributed by atoms with van der Waals surface area (Å²) in [6, 6.07) is 10.8. The molecule has 1 aromatic heterocycles. The molecule has 1 aliphatic carbocycles. The van der Waals surface area contributed by atoms with Gasteiger partial charge in [-0.1, -0.05) is 12.1 Å². The fraction of sp³-hybridized carbons (Fsp3) is 0.450. The fourth-order valence-corrected chi connectivity index (χ4v) is 3.81. The van der Waals surface area contributed by atoms with E-state index in [0.29, 0.717) is 11.8 Å². The molecule has 2 atom stereocenters. The smallest absolute Gasteiger partial charge is 0.119 e. The zero-order valence-electron chi connectivity index (χ0n) is 14.9. The van der Waals surface area contributed by atoms with Crippen LogP contribution in [0.25, 0.3) is 0 Å². The van der Waals surface area contributed by atoms with Crippen molar-refractivity contribution in [1.82, 2.24) is 10.3 Å². The zero-order valence-corrected chi connectivity index (χ0v) is 16.5. The van der Waals surface area contributed by atoms with Crippen LogP contribution in [0.15, 0.2) is 42.7 Å². The summed E-state index contributed by atoms with van der Waals surface area (Å²) in [6.45, 7) is 0.994. The number of nitrogens with zero attached hydrogens (tertiary/aromatic N) is 1. The van der Waals surface area contributed by atoms with Gasteiger partial charge in [0.2, 0.25) is 0 Å². The van der Waals surface area contributed by atoms with Gasteiger partial charge >= 0.3 is 0 Å². The molecule has 1 N–H and O–H groups in total.